The third-order valence-corrected chi connectivity index (χ3v) is 3.32. The molecule has 17 heavy (non-hydrogen) atoms. The number of hydrogen-bond donors (Lipinski definition) is 1. The second-order valence-corrected chi connectivity index (χ2v) is 4.77. The Kier molecular flexibility index (Phi) is 6.22. The molecule has 0 aliphatic rings. The van der Waals surface area contributed by atoms with E-state index in [9.17, 15) is 4.79 Å². The van der Waals surface area contributed by atoms with Gasteiger partial charge in [0.05, 0.1) is 7.11 Å². The Labute approximate surface area is 110 Å². The van der Waals surface area contributed by atoms with Gasteiger partial charge in [-0.3, -0.25) is 4.79 Å². The van der Waals surface area contributed by atoms with Gasteiger partial charge in [0.15, 0.2) is 0 Å². The molecule has 1 rings (SSSR count). The fourth-order valence-corrected chi connectivity index (χ4v) is 1.97. The Hall–Kier alpha value is -0.870. The third-order valence-electron chi connectivity index (χ3n) is 2.55. The molecule has 0 saturated heterocycles. The number of halogens is 1. The molecule has 0 atom stereocenters. The fraction of sp³-hybridized carbons (Fsp3) is 0.462. The van der Waals surface area contributed by atoms with Crippen LogP contribution >= 0.6 is 15.9 Å². The maximum Gasteiger partial charge on any atom is 0.137 e. The van der Waals surface area contributed by atoms with Gasteiger partial charge < -0.3 is 10.5 Å². The van der Waals surface area contributed by atoms with E-state index in [1.807, 2.05) is 18.2 Å². The van der Waals surface area contributed by atoms with Gasteiger partial charge >= 0.3 is 0 Å². The SMILES string of the molecule is COc1ccc(Br)c(CC(=O)CCCCN)c1. The second kappa shape index (κ2) is 7.45. The lowest BCUT2D eigenvalue weighted by molar-refractivity contribution is -0.118. The van der Waals surface area contributed by atoms with Gasteiger partial charge in [0, 0.05) is 17.3 Å². The van der Waals surface area contributed by atoms with E-state index < -0.39 is 0 Å². The molecule has 0 aliphatic carbocycles. The normalized spacial score (nSPS) is 10.3. The van der Waals surface area contributed by atoms with E-state index in [0.717, 1.165) is 28.6 Å². The first-order valence-corrected chi connectivity index (χ1v) is 6.51. The molecule has 1 aromatic carbocycles. The van der Waals surface area contributed by atoms with Crippen molar-refractivity contribution in [1.82, 2.24) is 0 Å². The van der Waals surface area contributed by atoms with E-state index in [-0.39, 0.29) is 5.78 Å². The molecular weight excluding hydrogens is 282 g/mol. The average Bonchev–Trinajstić information content (AvgIpc) is 2.32. The molecule has 1 aromatic rings. The van der Waals surface area contributed by atoms with E-state index in [1.165, 1.54) is 0 Å². The van der Waals surface area contributed by atoms with Crippen LogP contribution in [-0.2, 0) is 11.2 Å². The average molecular weight is 300 g/mol. The monoisotopic (exact) mass is 299 g/mol. The number of hydrogen-bond acceptors (Lipinski definition) is 3. The van der Waals surface area contributed by atoms with Gasteiger partial charge in [-0.15, -0.1) is 0 Å². The summed E-state index contributed by atoms with van der Waals surface area (Å²) in [5.41, 5.74) is 6.37. The molecule has 0 bridgehead atoms. The van der Waals surface area contributed by atoms with Crippen LogP contribution in [0, 0.1) is 0 Å². The van der Waals surface area contributed by atoms with Crippen LogP contribution in [0.4, 0.5) is 0 Å². The fourth-order valence-electron chi connectivity index (χ4n) is 1.58. The molecule has 3 nitrogen and oxygen atoms in total. The van der Waals surface area contributed by atoms with E-state index in [1.54, 1.807) is 7.11 Å². The zero-order valence-corrected chi connectivity index (χ0v) is 11.6. The Morgan fingerprint density at radius 2 is 2.18 bits per heavy atom. The first-order chi connectivity index (χ1) is 8.17. The summed E-state index contributed by atoms with van der Waals surface area (Å²) in [6.45, 7) is 0.649. The van der Waals surface area contributed by atoms with Crippen LogP contribution in [0.5, 0.6) is 5.75 Å². The maximum absolute atomic E-state index is 11.7. The van der Waals surface area contributed by atoms with Crippen molar-refractivity contribution in [2.75, 3.05) is 13.7 Å². The molecule has 0 spiro atoms. The van der Waals surface area contributed by atoms with Crippen molar-refractivity contribution in [2.45, 2.75) is 25.7 Å². The largest absolute Gasteiger partial charge is 0.497 e. The number of unbranched alkanes of at least 4 members (excludes halogenated alkanes) is 1. The smallest absolute Gasteiger partial charge is 0.137 e. The van der Waals surface area contributed by atoms with E-state index in [2.05, 4.69) is 15.9 Å². The van der Waals surface area contributed by atoms with Gasteiger partial charge in [-0.25, -0.2) is 0 Å². The standard InChI is InChI=1S/C13H18BrNO2/c1-17-12-5-6-13(14)10(9-12)8-11(16)4-2-3-7-15/h5-6,9H,2-4,7-8,15H2,1H3. The van der Waals surface area contributed by atoms with Gasteiger partial charge in [-0.2, -0.15) is 0 Å². The number of Topliss-reactive ketones (excluding diaryl/α,β-unsaturated/α-hetero) is 1. The van der Waals surface area contributed by atoms with Crippen molar-refractivity contribution in [3.05, 3.63) is 28.2 Å². The molecule has 4 heteroatoms. The molecule has 0 aliphatic heterocycles. The molecule has 2 N–H and O–H groups in total. The molecular formula is C13H18BrNO2. The molecule has 0 radical (unpaired) electrons. The van der Waals surface area contributed by atoms with Gasteiger partial charge in [0.25, 0.3) is 0 Å². The summed E-state index contributed by atoms with van der Waals surface area (Å²) in [4.78, 5) is 11.7. The van der Waals surface area contributed by atoms with E-state index >= 15 is 0 Å². The molecule has 0 aromatic heterocycles. The Morgan fingerprint density at radius 1 is 1.41 bits per heavy atom. The summed E-state index contributed by atoms with van der Waals surface area (Å²) < 4.78 is 6.09. The first-order valence-electron chi connectivity index (χ1n) is 5.71. The summed E-state index contributed by atoms with van der Waals surface area (Å²) in [6, 6.07) is 5.67. The molecule has 94 valence electrons. The van der Waals surface area contributed by atoms with Gasteiger partial charge in [0.1, 0.15) is 11.5 Å². The number of carbonyl (C=O) groups is 1. The first kappa shape index (κ1) is 14.2. The lowest BCUT2D eigenvalue weighted by Crippen LogP contribution is -2.05. The Balaban J connectivity index is 2.57. The van der Waals surface area contributed by atoms with Crippen molar-refractivity contribution in [2.24, 2.45) is 5.73 Å². The number of ether oxygens (including phenoxy) is 1. The summed E-state index contributed by atoms with van der Waals surface area (Å²) >= 11 is 3.44. The lowest BCUT2D eigenvalue weighted by atomic mass is 10.0. The highest BCUT2D eigenvalue weighted by atomic mass is 79.9. The molecule has 0 saturated carbocycles. The zero-order chi connectivity index (χ0) is 12.7. The predicted molar refractivity (Wildman–Crippen MR) is 72.3 cm³/mol. The minimum Gasteiger partial charge on any atom is -0.497 e. The zero-order valence-electron chi connectivity index (χ0n) is 10.0. The number of ketones is 1. The van der Waals surface area contributed by atoms with E-state index in [0.29, 0.717) is 19.4 Å². The number of carbonyl (C=O) groups excluding carboxylic acids is 1. The number of rotatable bonds is 7. The lowest BCUT2D eigenvalue weighted by Gasteiger charge is -2.06. The van der Waals surface area contributed by atoms with Crippen molar-refractivity contribution < 1.29 is 9.53 Å². The minimum atomic E-state index is 0.243. The summed E-state index contributed by atoms with van der Waals surface area (Å²) in [5, 5.41) is 0. The van der Waals surface area contributed by atoms with Crippen LogP contribution in [-0.4, -0.2) is 19.4 Å². The molecule has 0 heterocycles. The van der Waals surface area contributed by atoms with Gasteiger partial charge in [-0.05, 0) is 43.1 Å². The topological polar surface area (TPSA) is 52.3 Å². The number of methoxy groups -OCH3 is 1. The molecule has 0 fully saturated rings. The van der Waals surface area contributed by atoms with Crippen molar-refractivity contribution >= 4 is 21.7 Å². The van der Waals surface area contributed by atoms with Gasteiger partial charge in [0.2, 0.25) is 0 Å². The van der Waals surface area contributed by atoms with Crippen LogP contribution in [0.25, 0.3) is 0 Å². The minimum absolute atomic E-state index is 0.243. The van der Waals surface area contributed by atoms with Crippen LogP contribution in [0.15, 0.2) is 22.7 Å². The summed E-state index contributed by atoms with van der Waals surface area (Å²) in [7, 11) is 1.62. The second-order valence-electron chi connectivity index (χ2n) is 3.92. The quantitative estimate of drug-likeness (QED) is 0.788. The van der Waals surface area contributed by atoms with Crippen molar-refractivity contribution in [1.29, 1.82) is 0 Å². The van der Waals surface area contributed by atoms with E-state index in [4.69, 9.17) is 10.5 Å². The highest BCUT2D eigenvalue weighted by molar-refractivity contribution is 9.10. The van der Waals surface area contributed by atoms with Gasteiger partial charge in [-0.1, -0.05) is 15.9 Å². The van der Waals surface area contributed by atoms with Crippen LogP contribution in [0.1, 0.15) is 24.8 Å². The van der Waals surface area contributed by atoms with Crippen molar-refractivity contribution in [3.8, 4) is 5.75 Å². The predicted octanol–water partition coefficient (Wildman–Crippen LogP) is 2.70. The maximum atomic E-state index is 11.7. The number of nitrogens with two attached hydrogens (primary N) is 1. The van der Waals surface area contributed by atoms with Crippen LogP contribution in [0.3, 0.4) is 0 Å². The molecule has 0 unspecified atom stereocenters. The van der Waals surface area contributed by atoms with Crippen LogP contribution < -0.4 is 10.5 Å². The number of benzene rings is 1. The van der Waals surface area contributed by atoms with Crippen molar-refractivity contribution in [3.63, 3.8) is 0 Å². The van der Waals surface area contributed by atoms with Crippen LogP contribution in [0.2, 0.25) is 0 Å². The highest BCUT2D eigenvalue weighted by Gasteiger charge is 2.08. The third kappa shape index (κ3) is 4.88. The Bertz CT molecular complexity index is 380. The Morgan fingerprint density at radius 3 is 2.82 bits per heavy atom. The summed E-state index contributed by atoms with van der Waals surface area (Å²) in [5.74, 6) is 1.02. The highest BCUT2D eigenvalue weighted by Crippen LogP contribution is 2.23. The molecule has 0 amide bonds. The summed E-state index contributed by atoms with van der Waals surface area (Å²) in [6.07, 6.45) is 2.82.